The lowest BCUT2D eigenvalue weighted by Gasteiger charge is -2.25. The minimum atomic E-state index is -0.943. The number of nitrogens with zero attached hydrogens (tertiary/aromatic N) is 2. The second kappa shape index (κ2) is 9.66. The van der Waals surface area contributed by atoms with Crippen LogP contribution in [0.2, 0.25) is 10.0 Å². The zero-order chi connectivity index (χ0) is 24.6. The smallest absolute Gasteiger partial charge is 0.300 e. The van der Waals surface area contributed by atoms with Crippen LogP contribution in [-0.4, -0.2) is 36.0 Å². The van der Waals surface area contributed by atoms with Crippen molar-refractivity contribution in [1.82, 2.24) is 4.98 Å². The van der Waals surface area contributed by atoms with E-state index in [1.54, 1.807) is 36.4 Å². The van der Waals surface area contributed by atoms with Crippen molar-refractivity contribution in [3.05, 3.63) is 86.1 Å². The second-order valence-corrected chi connectivity index (χ2v) is 8.92. The number of rotatable bonds is 5. The van der Waals surface area contributed by atoms with Crippen LogP contribution in [0.25, 0.3) is 5.76 Å². The van der Waals surface area contributed by atoms with E-state index < -0.39 is 23.5 Å². The standard InChI is InChI=1S/C24H17BrCl2N2O5/c1-33-22-15(11-16(26)23(34-2)18(22)27)20(30)17-19(12-6-8-28-9-7-12)29(24(32)21(17)31)14-5-3-4-13(25)10-14/h3-11,19,30H,1-2H3/b20-17+. The highest BCUT2D eigenvalue weighted by molar-refractivity contribution is 9.10. The van der Waals surface area contributed by atoms with E-state index >= 15 is 0 Å². The summed E-state index contributed by atoms with van der Waals surface area (Å²) in [5.41, 5.74) is 0.937. The maximum absolute atomic E-state index is 13.3. The summed E-state index contributed by atoms with van der Waals surface area (Å²) in [7, 11) is 2.74. The molecule has 7 nitrogen and oxygen atoms in total. The van der Waals surface area contributed by atoms with E-state index in [1.807, 2.05) is 0 Å². The fourth-order valence-corrected chi connectivity index (χ4v) is 4.95. The van der Waals surface area contributed by atoms with Gasteiger partial charge in [0.2, 0.25) is 0 Å². The van der Waals surface area contributed by atoms with Gasteiger partial charge in [-0.05, 0) is 42.0 Å². The maximum atomic E-state index is 13.3. The molecule has 3 aromatic rings. The van der Waals surface area contributed by atoms with E-state index in [-0.39, 0.29) is 32.7 Å². The third kappa shape index (κ3) is 4.02. The number of amides is 1. The summed E-state index contributed by atoms with van der Waals surface area (Å²) in [6.45, 7) is 0. The van der Waals surface area contributed by atoms with Crippen LogP contribution in [0.5, 0.6) is 11.5 Å². The SMILES string of the molecule is COc1c(Cl)cc(/C(O)=C2\C(=O)C(=O)N(c3cccc(Br)c3)C2c2ccncc2)c(OC)c1Cl. The van der Waals surface area contributed by atoms with Crippen LogP contribution in [0.15, 0.2) is 64.9 Å². The van der Waals surface area contributed by atoms with Crippen molar-refractivity contribution < 1.29 is 24.2 Å². The van der Waals surface area contributed by atoms with Crippen LogP contribution in [0, 0.1) is 0 Å². The number of ketones is 1. The van der Waals surface area contributed by atoms with Gasteiger partial charge in [-0.25, -0.2) is 0 Å². The first-order chi connectivity index (χ1) is 16.3. The Bertz CT molecular complexity index is 1330. The summed E-state index contributed by atoms with van der Waals surface area (Å²) in [5, 5.41) is 11.5. The Morgan fingerprint density at radius 1 is 1.06 bits per heavy atom. The molecule has 0 spiro atoms. The molecule has 1 aromatic heterocycles. The number of carbonyl (C=O) groups excluding carboxylic acids is 2. The number of carbonyl (C=O) groups is 2. The summed E-state index contributed by atoms with van der Waals surface area (Å²) in [5.74, 6) is -1.96. The Balaban J connectivity index is 2.01. The first-order valence-corrected chi connectivity index (χ1v) is 11.4. The van der Waals surface area contributed by atoms with Crippen LogP contribution in [-0.2, 0) is 9.59 Å². The van der Waals surface area contributed by atoms with E-state index in [4.69, 9.17) is 32.7 Å². The number of benzene rings is 2. The highest BCUT2D eigenvalue weighted by Gasteiger charge is 2.47. The van der Waals surface area contributed by atoms with Crippen molar-refractivity contribution in [1.29, 1.82) is 0 Å². The van der Waals surface area contributed by atoms with E-state index in [1.165, 1.54) is 37.6 Å². The number of anilines is 1. The highest BCUT2D eigenvalue weighted by Crippen LogP contribution is 2.48. The van der Waals surface area contributed by atoms with Crippen molar-refractivity contribution in [2.24, 2.45) is 0 Å². The largest absolute Gasteiger partial charge is 0.507 e. The van der Waals surface area contributed by atoms with Crippen LogP contribution >= 0.6 is 39.1 Å². The normalized spacial score (nSPS) is 17.2. The van der Waals surface area contributed by atoms with Gasteiger partial charge < -0.3 is 14.6 Å². The molecule has 0 bridgehead atoms. The van der Waals surface area contributed by atoms with Gasteiger partial charge in [-0.3, -0.25) is 19.5 Å². The summed E-state index contributed by atoms with van der Waals surface area (Å²) in [6, 6.07) is 10.7. The first kappa shape index (κ1) is 24.1. The molecule has 10 heteroatoms. The van der Waals surface area contributed by atoms with Crippen LogP contribution < -0.4 is 14.4 Å². The van der Waals surface area contributed by atoms with Crippen molar-refractivity contribution in [3.63, 3.8) is 0 Å². The maximum Gasteiger partial charge on any atom is 0.300 e. The number of hydrogen-bond acceptors (Lipinski definition) is 6. The molecule has 1 atom stereocenters. The van der Waals surface area contributed by atoms with Crippen LogP contribution in [0.4, 0.5) is 5.69 Å². The third-order valence-corrected chi connectivity index (χ3v) is 6.46. The van der Waals surface area contributed by atoms with Crippen molar-refractivity contribution in [2.75, 3.05) is 19.1 Å². The number of aliphatic hydroxyl groups is 1. The topological polar surface area (TPSA) is 89.0 Å². The molecule has 1 fully saturated rings. The number of halogens is 3. The van der Waals surface area contributed by atoms with E-state index in [2.05, 4.69) is 20.9 Å². The number of hydrogen-bond donors (Lipinski definition) is 1. The van der Waals surface area contributed by atoms with Gasteiger partial charge in [-0.2, -0.15) is 0 Å². The van der Waals surface area contributed by atoms with E-state index in [9.17, 15) is 14.7 Å². The van der Waals surface area contributed by atoms with Crippen LogP contribution in [0.1, 0.15) is 17.2 Å². The lowest BCUT2D eigenvalue weighted by molar-refractivity contribution is -0.132. The van der Waals surface area contributed by atoms with Gasteiger partial charge in [-0.15, -0.1) is 0 Å². The van der Waals surface area contributed by atoms with Gasteiger partial charge in [0.1, 0.15) is 10.8 Å². The fourth-order valence-electron chi connectivity index (χ4n) is 3.88. The average molecular weight is 564 g/mol. The van der Waals surface area contributed by atoms with Gasteiger partial charge in [-0.1, -0.05) is 45.2 Å². The molecule has 1 aliphatic heterocycles. The molecule has 2 aromatic carbocycles. The first-order valence-electron chi connectivity index (χ1n) is 9.87. The molecule has 174 valence electrons. The number of methoxy groups -OCH3 is 2. The minimum absolute atomic E-state index is 0.0146. The molecule has 2 heterocycles. The predicted octanol–water partition coefficient (Wildman–Crippen LogP) is 5.79. The zero-order valence-electron chi connectivity index (χ0n) is 17.9. The lowest BCUT2D eigenvalue weighted by Crippen LogP contribution is -2.29. The summed E-state index contributed by atoms with van der Waals surface area (Å²) in [6.07, 6.45) is 3.08. The van der Waals surface area contributed by atoms with Crippen molar-refractivity contribution >= 4 is 62.3 Å². The molecule has 1 unspecified atom stereocenters. The monoisotopic (exact) mass is 562 g/mol. The van der Waals surface area contributed by atoms with E-state index in [0.717, 1.165) is 4.47 Å². The van der Waals surface area contributed by atoms with E-state index in [0.29, 0.717) is 11.3 Å². The molecule has 1 saturated heterocycles. The van der Waals surface area contributed by atoms with Gasteiger partial charge in [0, 0.05) is 22.6 Å². The fraction of sp³-hybridized carbons (Fsp3) is 0.125. The Kier molecular flexibility index (Phi) is 6.84. The summed E-state index contributed by atoms with van der Waals surface area (Å²) in [4.78, 5) is 31.9. The van der Waals surface area contributed by atoms with Gasteiger partial charge >= 0.3 is 0 Å². The summed E-state index contributed by atoms with van der Waals surface area (Å²) >= 11 is 16.1. The molecule has 34 heavy (non-hydrogen) atoms. The molecule has 1 N–H and O–H groups in total. The number of ether oxygens (including phenoxy) is 2. The highest BCUT2D eigenvalue weighted by atomic mass is 79.9. The minimum Gasteiger partial charge on any atom is -0.507 e. The number of pyridine rings is 1. The van der Waals surface area contributed by atoms with Gasteiger partial charge in [0.15, 0.2) is 11.5 Å². The molecular formula is C24H17BrCl2N2O5. The molecule has 1 amide bonds. The number of aromatic nitrogens is 1. The van der Waals surface area contributed by atoms with Gasteiger partial charge in [0.05, 0.1) is 36.4 Å². The summed E-state index contributed by atoms with van der Waals surface area (Å²) < 4.78 is 11.3. The quantitative estimate of drug-likeness (QED) is 0.240. The molecule has 0 aliphatic carbocycles. The zero-order valence-corrected chi connectivity index (χ0v) is 21.0. The molecule has 1 aliphatic rings. The molecule has 4 rings (SSSR count). The predicted molar refractivity (Wildman–Crippen MR) is 133 cm³/mol. The molecule has 0 radical (unpaired) electrons. The number of aliphatic hydroxyl groups excluding tert-OH is 1. The third-order valence-electron chi connectivity index (χ3n) is 5.35. The molecule has 0 saturated carbocycles. The van der Waals surface area contributed by atoms with Crippen molar-refractivity contribution in [2.45, 2.75) is 6.04 Å². The Hall–Kier alpha value is -3.07. The van der Waals surface area contributed by atoms with Crippen LogP contribution in [0.3, 0.4) is 0 Å². The van der Waals surface area contributed by atoms with Crippen molar-refractivity contribution in [3.8, 4) is 11.5 Å². The lowest BCUT2D eigenvalue weighted by atomic mass is 9.95. The Labute approximate surface area is 213 Å². The average Bonchev–Trinajstić information content (AvgIpc) is 3.09. The van der Waals surface area contributed by atoms with Gasteiger partial charge in [0.25, 0.3) is 11.7 Å². The molecular weight excluding hydrogens is 547 g/mol. The number of Topliss-reactive ketones (excluding diaryl/α,β-unsaturated/α-hetero) is 1. The second-order valence-electron chi connectivity index (χ2n) is 7.22. The Morgan fingerprint density at radius 3 is 2.35 bits per heavy atom. The Morgan fingerprint density at radius 2 is 1.74 bits per heavy atom.